The van der Waals surface area contributed by atoms with Gasteiger partial charge in [0.15, 0.2) is 23.1 Å². The molecule has 0 bridgehead atoms. The van der Waals surface area contributed by atoms with Crippen LogP contribution in [0.4, 0.5) is 17.3 Å². The Balaban J connectivity index is 1.38. The van der Waals surface area contributed by atoms with Gasteiger partial charge in [-0.2, -0.15) is 0 Å². The number of aromatic nitrogens is 3. The third-order valence-corrected chi connectivity index (χ3v) is 5.11. The first-order valence-corrected chi connectivity index (χ1v) is 9.95. The second-order valence-corrected chi connectivity index (χ2v) is 6.96. The minimum absolute atomic E-state index is 0.0718. The van der Waals surface area contributed by atoms with Crippen molar-refractivity contribution in [1.29, 1.82) is 0 Å². The highest BCUT2D eigenvalue weighted by Crippen LogP contribution is 2.31. The lowest BCUT2D eigenvalue weighted by Crippen LogP contribution is -2.49. The molecule has 1 aliphatic rings. The van der Waals surface area contributed by atoms with E-state index in [2.05, 4.69) is 25.4 Å². The van der Waals surface area contributed by atoms with E-state index in [0.29, 0.717) is 49.1 Å². The third kappa shape index (κ3) is 4.50. The summed E-state index contributed by atoms with van der Waals surface area (Å²) < 4.78 is 10.7. The van der Waals surface area contributed by atoms with Crippen molar-refractivity contribution in [3.8, 4) is 11.5 Å². The molecule has 4 rings (SSSR count). The fraction of sp³-hybridized carbons (Fsp3) is 0.273. The van der Waals surface area contributed by atoms with Crippen LogP contribution in [-0.4, -0.2) is 66.4 Å². The Labute approximate surface area is 180 Å². The van der Waals surface area contributed by atoms with Gasteiger partial charge in [-0.1, -0.05) is 6.07 Å². The van der Waals surface area contributed by atoms with E-state index in [-0.39, 0.29) is 5.91 Å². The molecule has 3 heterocycles. The van der Waals surface area contributed by atoms with Crippen molar-refractivity contribution in [2.45, 2.75) is 0 Å². The number of carbonyl (C=O) groups excluding carboxylic acids is 1. The summed E-state index contributed by atoms with van der Waals surface area (Å²) in [4.78, 5) is 21.0. The van der Waals surface area contributed by atoms with Crippen molar-refractivity contribution < 1.29 is 14.3 Å². The molecule has 9 nitrogen and oxygen atoms in total. The van der Waals surface area contributed by atoms with Gasteiger partial charge in [0.05, 0.1) is 31.7 Å². The first-order valence-electron chi connectivity index (χ1n) is 9.95. The number of pyridine rings is 1. The summed E-state index contributed by atoms with van der Waals surface area (Å²) in [6, 6.07) is 12.9. The van der Waals surface area contributed by atoms with E-state index in [1.54, 1.807) is 37.7 Å². The van der Waals surface area contributed by atoms with Gasteiger partial charge in [0.25, 0.3) is 5.91 Å². The van der Waals surface area contributed by atoms with Crippen molar-refractivity contribution in [1.82, 2.24) is 20.1 Å². The van der Waals surface area contributed by atoms with E-state index >= 15 is 0 Å². The molecular formula is C22H24N6O3. The molecule has 1 saturated heterocycles. The molecule has 0 unspecified atom stereocenters. The Morgan fingerprint density at radius 2 is 1.81 bits per heavy atom. The molecule has 0 spiro atoms. The number of amides is 1. The molecular weight excluding hydrogens is 396 g/mol. The fourth-order valence-corrected chi connectivity index (χ4v) is 3.51. The minimum Gasteiger partial charge on any atom is -0.493 e. The lowest BCUT2D eigenvalue weighted by Gasteiger charge is -2.35. The van der Waals surface area contributed by atoms with Gasteiger partial charge in [-0.25, -0.2) is 0 Å². The number of rotatable bonds is 6. The van der Waals surface area contributed by atoms with Crippen LogP contribution in [0.3, 0.4) is 0 Å². The lowest BCUT2D eigenvalue weighted by molar-refractivity contribution is 0.0742. The number of benzene rings is 1. The third-order valence-electron chi connectivity index (χ3n) is 5.11. The highest BCUT2D eigenvalue weighted by Gasteiger charge is 2.26. The van der Waals surface area contributed by atoms with E-state index in [1.165, 1.54) is 7.11 Å². The van der Waals surface area contributed by atoms with Crippen LogP contribution < -0.4 is 19.7 Å². The number of nitrogens with one attached hydrogen (secondary N) is 1. The normalized spacial score (nSPS) is 13.6. The summed E-state index contributed by atoms with van der Waals surface area (Å²) in [5.41, 5.74) is 1.35. The number of hydrogen-bond donors (Lipinski definition) is 1. The zero-order valence-electron chi connectivity index (χ0n) is 17.5. The molecule has 1 N–H and O–H groups in total. The number of methoxy groups -OCH3 is 2. The highest BCUT2D eigenvalue weighted by atomic mass is 16.5. The molecule has 0 atom stereocenters. The monoisotopic (exact) mass is 420 g/mol. The molecule has 3 aromatic rings. The second kappa shape index (κ2) is 9.29. The number of hydrogen-bond acceptors (Lipinski definition) is 8. The maximum atomic E-state index is 13.0. The van der Waals surface area contributed by atoms with Crippen LogP contribution >= 0.6 is 0 Å². The Bertz CT molecular complexity index is 1020. The molecule has 160 valence electrons. The van der Waals surface area contributed by atoms with E-state index < -0.39 is 0 Å². The predicted molar refractivity (Wildman–Crippen MR) is 117 cm³/mol. The van der Waals surface area contributed by atoms with E-state index in [9.17, 15) is 4.79 Å². The summed E-state index contributed by atoms with van der Waals surface area (Å²) in [5.74, 6) is 2.36. The summed E-state index contributed by atoms with van der Waals surface area (Å²) in [5, 5.41) is 11.7. The fourth-order valence-electron chi connectivity index (χ4n) is 3.51. The molecule has 1 aromatic carbocycles. The first-order chi connectivity index (χ1) is 15.2. The summed E-state index contributed by atoms with van der Waals surface area (Å²) in [6.45, 7) is 2.50. The number of ether oxygens (including phenoxy) is 2. The van der Waals surface area contributed by atoms with Gasteiger partial charge in [0, 0.05) is 32.4 Å². The van der Waals surface area contributed by atoms with Crippen LogP contribution in [0.15, 0.2) is 54.9 Å². The summed E-state index contributed by atoms with van der Waals surface area (Å²) in [6.07, 6.45) is 3.44. The largest absolute Gasteiger partial charge is 0.493 e. The van der Waals surface area contributed by atoms with Gasteiger partial charge >= 0.3 is 0 Å². The molecule has 2 aromatic heterocycles. The molecule has 1 aliphatic heterocycles. The van der Waals surface area contributed by atoms with Crippen molar-refractivity contribution >= 4 is 23.2 Å². The predicted octanol–water partition coefficient (Wildman–Crippen LogP) is 2.59. The Morgan fingerprint density at radius 1 is 0.968 bits per heavy atom. The summed E-state index contributed by atoms with van der Waals surface area (Å²) in [7, 11) is 3.10. The molecule has 1 fully saturated rings. The molecule has 9 heteroatoms. The first kappa shape index (κ1) is 20.4. The highest BCUT2D eigenvalue weighted by molar-refractivity contribution is 5.98. The van der Waals surface area contributed by atoms with Crippen LogP contribution in [0, 0.1) is 0 Å². The van der Waals surface area contributed by atoms with Crippen LogP contribution in [-0.2, 0) is 0 Å². The van der Waals surface area contributed by atoms with E-state index in [0.717, 1.165) is 11.5 Å². The zero-order chi connectivity index (χ0) is 21.6. The molecule has 0 radical (unpaired) electrons. The molecule has 1 amide bonds. The standard InChI is InChI=1S/C22H24N6O3/c1-30-18-7-3-6-17(21(18)31-2)22(29)28-13-11-27(12-14-28)20-9-8-19(25-26-20)24-16-5-4-10-23-15-16/h3-10,15H,11-14H2,1-2H3,(H,24,25). The minimum atomic E-state index is -0.0718. The quantitative estimate of drug-likeness (QED) is 0.651. The second-order valence-electron chi connectivity index (χ2n) is 6.96. The number of carbonyl (C=O) groups is 1. The number of para-hydroxylation sites is 1. The maximum Gasteiger partial charge on any atom is 0.257 e. The Kier molecular flexibility index (Phi) is 6.11. The Hall–Kier alpha value is -3.88. The maximum absolute atomic E-state index is 13.0. The van der Waals surface area contributed by atoms with Gasteiger partial charge in [-0.3, -0.25) is 9.78 Å². The van der Waals surface area contributed by atoms with Gasteiger partial charge in [0.2, 0.25) is 0 Å². The molecule has 0 aliphatic carbocycles. The number of piperazine rings is 1. The van der Waals surface area contributed by atoms with E-state index in [1.807, 2.05) is 29.2 Å². The van der Waals surface area contributed by atoms with Crippen molar-refractivity contribution in [2.24, 2.45) is 0 Å². The lowest BCUT2D eigenvalue weighted by atomic mass is 10.1. The number of anilines is 3. The smallest absolute Gasteiger partial charge is 0.257 e. The average Bonchev–Trinajstić information content (AvgIpc) is 2.84. The van der Waals surface area contributed by atoms with Crippen molar-refractivity contribution in [3.63, 3.8) is 0 Å². The van der Waals surface area contributed by atoms with Crippen molar-refractivity contribution in [3.05, 3.63) is 60.4 Å². The van der Waals surface area contributed by atoms with E-state index in [4.69, 9.17) is 9.47 Å². The van der Waals surface area contributed by atoms with Gasteiger partial charge in [-0.15, -0.1) is 10.2 Å². The van der Waals surface area contributed by atoms with Gasteiger partial charge in [0.1, 0.15) is 0 Å². The molecule has 0 saturated carbocycles. The van der Waals surface area contributed by atoms with Gasteiger partial charge < -0.3 is 24.6 Å². The van der Waals surface area contributed by atoms with Gasteiger partial charge in [-0.05, 0) is 36.4 Å². The van der Waals surface area contributed by atoms with Crippen LogP contribution in [0.25, 0.3) is 0 Å². The van der Waals surface area contributed by atoms with Crippen LogP contribution in [0.5, 0.6) is 11.5 Å². The SMILES string of the molecule is COc1cccc(C(=O)N2CCN(c3ccc(Nc4cccnc4)nn3)CC2)c1OC. The Morgan fingerprint density at radius 3 is 2.45 bits per heavy atom. The molecule has 31 heavy (non-hydrogen) atoms. The average molecular weight is 420 g/mol. The van der Waals surface area contributed by atoms with Crippen LogP contribution in [0.1, 0.15) is 10.4 Å². The van der Waals surface area contributed by atoms with Crippen LogP contribution in [0.2, 0.25) is 0 Å². The van der Waals surface area contributed by atoms with Crippen molar-refractivity contribution in [2.75, 3.05) is 50.6 Å². The topological polar surface area (TPSA) is 92.7 Å². The zero-order valence-corrected chi connectivity index (χ0v) is 17.5. The summed E-state index contributed by atoms with van der Waals surface area (Å²) >= 11 is 0. The number of nitrogens with zero attached hydrogens (tertiary/aromatic N) is 5.